The number of hydrogen-bond acceptors (Lipinski definition) is 4. The fraction of sp³-hybridized carbons (Fsp3) is 0.500. The number of nitrogens with one attached hydrogen (secondary N) is 2. The number of methoxy groups -OCH3 is 1. The number of aliphatic hydroxyl groups is 1. The molecule has 0 spiro atoms. The first-order valence-electron chi connectivity index (χ1n) is 7.64. The van der Waals surface area contributed by atoms with Gasteiger partial charge in [-0.2, -0.15) is 0 Å². The molecule has 1 aromatic carbocycles. The number of aromatic nitrogens is 2. The van der Waals surface area contributed by atoms with Crippen LogP contribution in [0.3, 0.4) is 0 Å². The molecule has 1 aromatic heterocycles. The van der Waals surface area contributed by atoms with Gasteiger partial charge >= 0.3 is 5.69 Å². The Balaban J connectivity index is 1.70. The molecule has 1 amide bonds. The van der Waals surface area contributed by atoms with Gasteiger partial charge in [-0.1, -0.05) is 6.07 Å². The summed E-state index contributed by atoms with van der Waals surface area (Å²) in [6, 6.07) is 5.45. The molecule has 23 heavy (non-hydrogen) atoms. The first kappa shape index (κ1) is 15.8. The van der Waals surface area contributed by atoms with Crippen LogP contribution in [0.1, 0.15) is 12.0 Å². The molecule has 1 fully saturated rings. The average molecular weight is 319 g/mol. The number of amides is 1. The second-order valence-electron chi connectivity index (χ2n) is 6.29. The van der Waals surface area contributed by atoms with Crippen LogP contribution in [0.15, 0.2) is 23.0 Å². The SMILES string of the molecule is COCC1(CO)CCN(C(=O)Cc2ccc3[nH]c(=O)[nH]c3c2)C1. The fourth-order valence-electron chi connectivity index (χ4n) is 3.22. The number of rotatable bonds is 5. The molecule has 1 aliphatic rings. The molecule has 7 nitrogen and oxygen atoms in total. The maximum Gasteiger partial charge on any atom is 0.323 e. The van der Waals surface area contributed by atoms with Crippen molar-refractivity contribution in [2.45, 2.75) is 12.8 Å². The van der Waals surface area contributed by atoms with Crippen molar-refractivity contribution in [3.05, 3.63) is 34.2 Å². The van der Waals surface area contributed by atoms with Gasteiger partial charge in [0.05, 0.1) is 30.7 Å². The number of aliphatic hydroxyl groups excluding tert-OH is 1. The zero-order chi connectivity index (χ0) is 16.4. The Morgan fingerprint density at radius 1 is 1.39 bits per heavy atom. The second-order valence-corrected chi connectivity index (χ2v) is 6.29. The van der Waals surface area contributed by atoms with Gasteiger partial charge in [-0.25, -0.2) is 4.79 Å². The molecule has 3 N–H and O–H groups in total. The molecular formula is C16H21N3O4. The van der Waals surface area contributed by atoms with Crippen LogP contribution >= 0.6 is 0 Å². The van der Waals surface area contributed by atoms with E-state index in [0.717, 1.165) is 17.5 Å². The summed E-state index contributed by atoms with van der Waals surface area (Å²) in [5, 5.41) is 9.60. The smallest absolute Gasteiger partial charge is 0.323 e. The van der Waals surface area contributed by atoms with Crippen molar-refractivity contribution in [2.75, 3.05) is 33.4 Å². The number of ether oxygens (including phenoxy) is 1. The minimum Gasteiger partial charge on any atom is -0.396 e. The van der Waals surface area contributed by atoms with Crippen LogP contribution in [-0.2, 0) is 16.0 Å². The largest absolute Gasteiger partial charge is 0.396 e. The van der Waals surface area contributed by atoms with Gasteiger partial charge in [-0.15, -0.1) is 0 Å². The predicted octanol–water partition coefficient (Wildman–Crippen LogP) is 0.256. The van der Waals surface area contributed by atoms with Gasteiger partial charge in [0.2, 0.25) is 5.91 Å². The van der Waals surface area contributed by atoms with Crippen LogP contribution in [0.25, 0.3) is 11.0 Å². The highest BCUT2D eigenvalue weighted by Crippen LogP contribution is 2.30. The van der Waals surface area contributed by atoms with Crippen LogP contribution < -0.4 is 5.69 Å². The van der Waals surface area contributed by atoms with Crippen LogP contribution in [0.4, 0.5) is 0 Å². The van der Waals surface area contributed by atoms with Crippen molar-refractivity contribution in [3.63, 3.8) is 0 Å². The Hall–Kier alpha value is -2.12. The molecule has 2 heterocycles. The molecule has 2 aromatic rings. The van der Waals surface area contributed by atoms with E-state index >= 15 is 0 Å². The molecule has 0 saturated carbocycles. The number of imidazole rings is 1. The number of H-pyrrole nitrogens is 2. The summed E-state index contributed by atoms with van der Waals surface area (Å²) in [6.45, 7) is 1.61. The van der Waals surface area contributed by atoms with Crippen LogP contribution in [0, 0.1) is 5.41 Å². The number of nitrogens with zero attached hydrogens (tertiary/aromatic N) is 1. The number of hydrogen-bond donors (Lipinski definition) is 3. The third-order valence-corrected chi connectivity index (χ3v) is 4.51. The van der Waals surface area contributed by atoms with Gasteiger partial charge in [-0.3, -0.25) is 4.79 Å². The molecule has 1 saturated heterocycles. The van der Waals surface area contributed by atoms with Gasteiger partial charge in [0.25, 0.3) is 0 Å². The third-order valence-electron chi connectivity index (χ3n) is 4.51. The van der Waals surface area contributed by atoms with E-state index in [1.165, 1.54) is 0 Å². The summed E-state index contributed by atoms with van der Waals surface area (Å²) in [4.78, 5) is 30.9. The molecule has 1 unspecified atom stereocenters. The van der Waals surface area contributed by atoms with Crippen molar-refractivity contribution in [2.24, 2.45) is 5.41 Å². The molecule has 1 atom stereocenters. The minimum atomic E-state index is -0.347. The van der Waals surface area contributed by atoms with E-state index in [0.29, 0.717) is 25.2 Å². The van der Waals surface area contributed by atoms with E-state index in [2.05, 4.69) is 9.97 Å². The highest BCUT2D eigenvalue weighted by atomic mass is 16.5. The number of carbonyl (C=O) groups excluding carboxylic acids is 1. The molecule has 0 aliphatic carbocycles. The highest BCUT2D eigenvalue weighted by molar-refractivity contribution is 5.81. The van der Waals surface area contributed by atoms with Gasteiger partial charge in [0.1, 0.15) is 0 Å². The average Bonchev–Trinajstić information content (AvgIpc) is 3.10. The highest BCUT2D eigenvalue weighted by Gasteiger charge is 2.39. The zero-order valence-corrected chi connectivity index (χ0v) is 13.1. The van der Waals surface area contributed by atoms with Gasteiger partial charge in [-0.05, 0) is 24.1 Å². The van der Waals surface area contributed by atoms with E-state index in [1.807, 2.05) is 12.1 Å². The number of aromatic amines is 2. The maximum absolute atomic E-state index is 12.5. The maximum atomic E-state index is 12.5. The van der Waals surface area contributed by atoms with E-state index in [1.54, 1.807) is 18.1 Å². The summed E-state index contributed by atoms with van der Waals surface area (Å²) < 4.78 is 5.18. The normalized spacial score (nSPS) is 21.2. The lowest BCUT2D eigenvalue weighted by Gasteiger charge is -2.26. The lowest BCUT2D eigenvalue weighted by atomic mass is 9.89. The Bertz CT molecular complexity index is 766. The monoisotopic (exact) mass is 319 g/mol. The summed E-state index contributed by atoms with van der Waals surface area (Å²) in [6.07, 6.45) is 1.02. The van der Waals surface area contributed by atoms with Gasteiger partial charge in [0.15, 0.2) is 0 Å². The van der Waals surface area contributed by atoms with Gasteiger partial charge in [0, 0.05) is 25.6 Å². The van der Waals surface area contributed by atoms with Gasteiger partial charge < -0.3 is 24.7 Å². The van der Waals surface area contributed by atoms with Crippen LogP contribution in [0.2, 0.25) is 0 Å². The lowest BCUT2D eigenvalue weighted by Crippen LogP contribution is -2.37. The van der Waals surface area contributed by atoms with E-state index < -0.39 is 0 Å². The van der Waals surface area contributed by atoms with Crippen molar-refractivity contribution in [1.82, 2.24) is 14.9 Å². The fourth-order valence-corrected chi connectivity index (χ4v) is 3.22. The Morgan fingerprint density at radius 3 is 2.91 bits per heavy atom. The predicted molar refractivity (Wildman–Crippen MR) is 85.2 cm³/mol. The van der Waals surface area contributed by atoms with E-state index in [9.17, 15) is 14.7 Å². The topological polar surface area (TPSA) is 98.4 Å². The number of likely N-dealkylation sites (tertiary alicyclic amines) is 1. The summed E-state index contributed by atoms with van der Waals surface area (Å²) in [5.41, 5.74) is 1.68. The molecule has 0 bridgehead atoms. The molecule has 3 rings (SSSR count). The summed E-state index contributed by atoms with van der Waals surface area (Å²) in [7, 11) is 1.61. The minimum absolute atomic E-state index is 0.0150. The second kappa shape index (κ2) is 6.17. The zero-order valence-electron chi connectivity index (χ0n) is 13.1. The van der Waals surface area contributed by atoms with E-state index in [-0.39, 0.29) is 30.0 Å². The first-order valence-corrected chi connectivity index (χ1v) is 7.64. The Kier molecular flexibility index (Phi) is 4.23. The van der Waals surface area contributed by atoms with Crippen LogP contribution in [-0.4, -0.2) is 59.3 Å². The lowest BCUT2D eigenvalue weighted by molar-refractivity contribution is -0.130. The van der Waals surface area contributed by atoms with Crippen molar-refractivity contribution in [1.29, 1.82) is 0 Å². The molecule has 124 valence electrons. The van der Waals surface area contributed by atoms with Crippen molar-refractivity contribution >= 4 is 16.9 Å². The number of benzene rings is 1. The summed E-state index contributed by atoms with van der Waals surface area (Å²) >= 11 is 0. The number of fused-ring (bicyclic) bond motifs is 1. The van der Waals surface area contributed by atoms with Crippen LogP contribution in [0.5, 0.6) is 0 Å². The Labute approximate surface area is 133 Å². The summed E-state index contributed by atoms with van der Waals surface area (Å²) in [5.74, 6) is 0.0219. The molecular weight excluding hydrogens is 298 g/mol. The first-order chi connectivity index (χ1) is 11.0. The standard InChI is InChI=1S/C16H21N3O4/c1-23-10-16(9-20)4-5-19(8-16)14(21)7-11-2-3-12-13(6-11)18-15(22)17-12/h2-3,6,20H,4-5,7-10H2,1H3,(H2,17,18,22). The number of carbonyl (C=O) groups is 1. The molecule has 0 radical (unpaired) electrons. The molecule has 1 aliphatic heterocycles. The quantitative estimate of drug-likeness (QED) is 0.736. The Morgan fingerprint density at radius 2 is 2.17 bits per heavy atom. The molecule has 7 heteroatoms. The van der Waals surface area contributed by atoms with Crippen molar-refractivity contribution in [3.8, 4) is 0 Å². The third kappa shape index (κ3) is 3.16. The van der Waals surface area contributed by atoms with Crippen molar-refractivity contribution < 1.29 is 14.6 Å². The van der Waals surface area contributed by atoms with E-state index in [4.69, 9.17) is 4.74 Å².